The molecule has 2 unspecified atom stereocenters. The number of hydrogen-bond acceptors (Lipinski definition) is 5. The van der Waals surface area contributed by atoms with E-state index in [-0.39, 0.29) is 18.1 Å². The van der Waals surface area contributed by atoms with Gasteiger partial charge in [-0.05, 0) is 25.2 Å². The summed E-state index contributed by atoms with van der Waals surface area (Å²) in [5.41, 5.74) is -1.24. The SMILES string of the molecule is CCCC1CCCCC1(NC(=O)OC1CCN(C(=O)OC)CC1)C(=O)O. The molecule has 1 saturated heterocycles. The Balaban J connectivity index is 1.94. The van der Waals surface area contributed by atoms with E-state index in [1.807, 2.05) is 6.92 Å². The van der Waals surface area contributed by atoms with E-state index in [1.54, 1.807) is 4.90 Å². The fourth-order valence-electron chi connectivity index (χ4n) is 4.13. The molecule has 2 amide bonds. The highest BCUT2D eigenvalue weighted by molar-refractivity contribution is 5.85. The monoisotopic (exact) mass is 370 g/mol. The van der Waals surface area contributed by atoms with Crippen molar-refractivity contribution in [3.63, 3.8) is 0 Å². The Kier molecular flexibility index (Phi) is 7.11. The molecule has 0 bridgehead atoms. The Morgan fingerprint density at radius 3 is 2.46 bits per heavy atom. The van der Waals surface area contributed by atoms with Crippen LogP contribution in [0.4, 0.5) is 9.59 Å². The Bertz CT molecular complexity index is 516. The van der Waals surface area contributed by atoms with Crippen LogP contribution in [0.15, 0.2) is 0 Å². The second-order valence-electron chi connectivity index (χ2n) is 7.19. The van der Waals surface area contributed by atoms with Gasteiger partial charge >= 0.3 is 18.2 Å². The van der Waals surface area contributed by atoms with Gasteiger partial charge in [-0.25, -0.2) is 14.4 Å². The minimum atomic E-state index is -1.24. The van der Waals surface area contributed by atoms with Crippen LogP contribution < -0.4 is 5.32 Å². The molecule has 0 radical (unpaired) electrons. The fourth-order valence-corrected chi connectivity index (χ4v) is 4.13. The van der Waals surface area contributed by atoms with Crippen molar-refractivity contribution in [3.05, 3.63) is 0 Å². The third-order valence-electron chi connectivity index (χ3n) is 5.56. The Labute approximate surface area is 154 Å². The highest BCUT2D eigenvalue weighted by Gasteiger charge is 2.48. The first-order valence-corrected chi connectivity index (χ1v) is 9.48. The summed E-state index contributed by atoms with van der Waals surface area (Å²) in [6.07, 6.45) is 4.30. The summed E-state index contributed by atoms with van der Waals surface area (Å²) in [5, 5.41) is 12.5. The van der Waals surface area contributed by atoms with Gasteiger partial charge in [0, 0.05) is 25.9 Å². The minimum Gasteiger partial charge on any atom is -0.479 e. The number of nitrogens with zero attached hydrogens (tertiary/aromatic N) is 1. The minimum absolute atomic E-state index is 0.0764. The molecule has 2 aliphatic rings. The number of carbonyl (C=O) groups is 3. The molecule has 0 aromatic heterocycles. The van der Waals surface area contributed by atoms with Crippen molar-refractivity contribution in [3.8, 4) is 0 Å². The predicted molar refractivity (Wildman–Crippen MR) is 93.8 cm³/mol. The van der Waals surface area contributed by atoms with E-state index in [2.05, 4.69) is 10.1 Å². The maximum Gasteiger partial charge on any atom is 0.409 e. The van der Waals surface area contributed by atoms with Crippen molar-refractivity contribution in [2.45, 2.75) is 69.9 Å². The fraction of sp³-hybridized carbons (Fsp3) is 0.833. The number of rotatable bonds is 5. The maximum absolute atomic E-state index is 12.4. The number of alkyl carbamates (subject to hydrolysis) is 1. The molecular formula is C18H30N2O6. The van der Waals surface area contributed by atoms with Gasteiger partial charge in [0.05, 0.1) is 7.11 Å². The average molecular weight is 370 g/mol. The Morgan fingerprint density at radius 2 is 1.88 bits per heavy atom. The lowest BCUT2D eigenvalue weighted by Crippen LogP contribution is -2.61. The highest BCUT2D eigenvalue weighted by Crippen LogP contribution is 2.37. The van der Waals surface area contributed by atoms with Crippen LogP contribution in [0.1, 0.15) is 58.3 Å². The molecule has 1 heterocycles. The number of nitrogens with one attached hydrogen (secondary N) is 1. The topological polar surface area (TPSA) is 105 Å². The van der Waals surface area contributed by atoms with Crippen molar-refractivity contribution in [2.75, 3.05) is 20.2 Å². The number of aliphatic carboxylic acids is 1. The quantitative estimate of drug-likeness (QED) is 0.771. The lowest BCUT2D eigenvalue weighted by molar-refractivity contribution is -0.149. The number of amides is 2. The van der Waals surface area contributed by atoms with Crippen LogP contribution in [0.5, 0.6) is 0 Å². The van der Waals surface area contributed by atoms with Crippen LogP contribution in [0.25, 0.3) is 0 Å². The molecule has 2 rings (SSSR count). The number of methoxy groups -OCH3 is 1. The molecule has 2 atom stereocenters. The van der Waals surface area contributed by atoms with Crippen LogP contribution in [0.2, 0.25) is 0 Å². The number of hydrogen-bond donors (Lipinski definition) is 2. The van der Waals surface area contributed by atoms with Gasteiger partial charge in [-0.1, -0.05) is 26.2 Å². The first-order valence-electron chi connectivity index (χ1n) is 9.48. The van der Waals surface area contributed by atoms with Crippen LogP contribution >= 0.6 is 0 Å². The Hall–Kier alpha value is -1.99. The molecule has 2 N–H and O–H groups in total. The van der Waals surface area contributed by atoms with Gasteiger partial charge in [-0.2, -0.15) is 0 Å². The number of carboxylic acid groups (broad SMARTS) is 1. The number of piperidine rings is 1. The van der Waals surface area contributed by atoms with E-state index in [1.165, 1.54) is 7.11 Å². The van der Waals surface area contributed by atoms with E-state index in [9.17, 15) is 19.5 Å². The zero-order chi connectivity index (χ0) is 19.2. The second kappa shape index (κ2) is 9.09. The van der Waals surface area contributed by atoms with Gasteiger partial charge in [-0.15, -0.1) is 0 Å². The molecule has 1 aliphatic heterocycles. The molecule has 1 saturated carbocycles. The number of carbonyl (C=O) groups excluding carboxylic acids is 2. The van der Waals surface area contributed by atoms with Crippen molar-refractivity contribution < 1.29 is 29.0 Å². The van der Waals surface area contributed by atoms with Crippen molar-refractivity contribution in [1.29, 1.82) is 0 Å². The third kappa shape index (κ3) is 4.59. The lowest BCUT2D eigenvalue weighted by atomic mass is 9.71. The van der Waals surface area contributed by atoms with Crippen molar-refractivity contribution in [2.24, 2.45) is 5.92 Å². The van der Waals surface area contributed by atoms with Crippen molar-refractivity contribution in [1.82, 2.24) is 10.2 Å². The lowest BCUT2D eigenvalue weighted by Gasteiger charge is -2.41. The highest BCUT2D eigenvalue weighted by atomic mass is 16.6. The second-order valence-corrected chi connectivity index (χ2v) is 7.19. The smallest absolute Gasteiger partial charge is 0.409 e. The molecule has 8 nitrogen and oxygen atoms in total. The van der Waals surface area contributed by atoms with E-state index in [0.717, 1.165) is 32.1 Å². The molecule has 8 heteroatoms. The normalized spacial score (nSPS) is 26.8. The summed E-state index contributed by atoms with van der Waals surface area (Å²) in [4.78, 5) is 37.5. The average Bonchev–Trinajstić information content (AvgIpc) is 2.63. The third-order valence-corrected chi connectivity index (χ3v) is 5.56. The van der Waals surface area contributed by atoms with Gasteiger partial charge in [0.25, 0.3) is 0 Å². The number of likely N-dealkylation sites (tertiary alicyclic amines) is 1. The molecule has 0 aromatic carbocycles. The largest absolute Gasteiger partial charge is 0.479 e. The summed E-state index contributed by atoms with van der Waals surface area (Å²) < 4.78 is 10.1. The van der Waals surface area contributed by atoms with E-state index in [0.29, 0.717) is 32.4 Å². The van der Waals surface area contributed by atoms with Gasteiger partial charge in [-0.3, -0.25) is 0 Å². The zero-order valence-corrected chi connectivity index (χ0v) is 15.7. The summed E-state index contributed by atoms with van der Waals surface area (Å²) in [7, 11) is 1.33. The predicted octanol–water partition coefficient (Wildman–Crippen LogP) is 2.76. The molecule has 0 aromatic rings. The van der Waals surface area contributed by atoms with Gasteiger partial charge < -0.3 is 24.8 Å². The maximum atomic E-state index is 12.4. The summed E-state index contributed by atoms with van der Waals surface area (Å²) in [6.45, 7) is 2.93. The van der Waals surface area contributed by atoms with E-state index >= 15 is 0 Å². The van der Waals surface area contributed by atoms with Crippen LogP contribution in [-0.2, 0) is 14.3 Å². The molecular weight excluding hydrogens is 340 g/mol. The van der Waals surface area contributed by atoms with Crippen molar-refractivity contribution >= 4 is 18.2 Å². The van der Waals surface area contributed by atoms with Gasteiger partial charge in [0.15, 0.2) is 0 Å². The molecule has 26 heavy (non-hydrogen) atoms. The molecule has 1 aliphatic carbocycles. The van der Waals surface area contributed by atoms with Crippen LogP contribution in [-0.4, -0.2) is 60.0 Å². The number of carboxylic acids is 1. The summed E-state index contributed by atoms with van der Waals surface area (Å²) >= 11 is 0. The van der Waals surface area contributed by atoms with Crippen LogP contribution in [0.3, 0.4) is 0 Å². The van der Waals surface area contributed by atoms with E-state index < -0.39 is 17.6 Å². The van der Waals surface area contributed by atoms with Crippen LogP contribution in [0, 0.1) is 5.92 Å². The van der Waals surface area contributed by atoms with Gasteiger partial charge in [0.1, 0.15) is 11.6 Å². The standard InChI is InChI=1S/C18H30N2O6/c1-3-6-13-7-4-5-10-18(13,15(21)22)19-16(23)26-14-8-11-20(12-9-14)17(24)25-2/h13-14H,3-12H2,1-2H3,(H,19,23)(H,21,22). The molecule has 148 valence electrons. The van der Waals surface area contributed by atoms with Gasteiger partial charge in [0.2, 0.25) is 0 Å². The Morgan fingerprint density at radius 1 is 1.19 bits per heavy atom. The molecule has 2 fully saturated rings. The summed E-state index contributed by atoms with van der Waals surface area (Å²) in [6, 6.07) is 0. The summed E-state index contributed by atoms with van der Waals surface area (Å²) in [5.74, 6) is -1.06. The zero-order valence-electron chi connectivity index (χ0n) is 15.7. The first kappa shape index (κ1) is 20.3. The molecule has 0 spiro atoms. The first-order chi connectivity index (χ1) is 12.4. The number of ether oxygens (including phenoxy) is 2. The van der Waals surface area contributed by atoms with E-state index in [4.69, 9.17) is 4.74 Å².